The molecular formula is C31H35N5O3. The average molecular weight is 526 g/mol. The van der Waals surface area contributed by atoms with Crippen LogP contribution in [0.1, 0.15) is 72.5 Å². The summed E-state index contributed by atoms with van der Waals surface area (Å²) in [4.78, 5) is 19.6. The van der Waals surface area contributed by atoms with Crippen molar-refractivity contribution in [2.24, 2.45) is 12.5 Å². The predicted octanol–water partition coefficient (Wildman–Crippen LogP) is 5.18. The Labute approximate surface area is 228 Å². The molecular weight excluding hydrogens is 490 g/mol. The van der Waals surface area contributed by atoms with Crippen molar-refractivity contribution in [3.05, 3.63) is 82.0 Å². The monoisotopic (exact) mass is 525 g/mol. The fourth-order valence-electron chi connectivity index (χ4n) is 6.56. The van der Waals surface area contributed by atoms with Crippen LogP contribution in [0, 0.1) is 12.3 Å². The molecule has 6 rings (SSSR count). The molecule has 39 heavy (non-hydrogen) atoms. The van der Waals surface area contributed by atoms with Gasteiger partial charge in [0.25, 0.3) is 0 Å². The van der Waals surface area contributed by atoms with Crippen molar-refractivity contribution >= 4 is 17.0 Å². The Morgan fingerprint density at radius 1 is 1.18 bits per heavy atom. The molecule has 1 N–H and O–H groups in total. The number of rotatable bonds is 5. The summed E-state index contributed by atoms with van der Waals surface area (Å²) in [5.74, 6) is -0.465. The molecule has 1 aliphatic carbocycles. The van der Waals surface area contributed by atoms with E-state index in [9.17, 15) is 9.90 Å². The average Bonchev–Trinajstić information content (AvgIpc) is 3.44. The number of hydrogen-bond acceptors (Lipinski definition) is 6. The zero-order valence-electron chi connectivity index (χ0n) is 23.2. The minimum atomic E-state index is -1.04. The number of aryl methyl sites for hydroxylation is 3. The third-order valence-electron chi connectivity index (χ3n) is 8.68. The van der Waals surface area contributed by atoms with Crippen molar-refractivity contribution in [3.63, 3.8) is 0 Å². The van der Waals surface area contributed by atoms with Crippen LogP contribution in [0.25, 0.3) is 11.0 Å². The third-order valence-corrected chi connectivity index (χ3v) is 8.68. The van der Waals surface area contributed by atoms with Gasteiger partial charge in [-0.25, -0.2) is 9.67 Å². The van der Waals surface area contributed by atoms with Crippen LogP contribution >= 0.6 is 0 Å². The van der Waals surface area contributed by atoms with Gasteiger partial charge in [0.15, 0.2) is 0 Å². The van der Waals surface area contributed by atoms with Gasteiger partial charge in [-0.05, 0) is 80.5 Å². The van der Waals surface area contributed by atoms with Crippen LogP contribution in [0.3, 0.4) is 0 Å². The molecule has 0 amide bonds. The first kappa shape index (κ1) is 25.5. The van der Waals surface area contributed by atoms with Gasteiger partial charge in [-0.3, -0.25) is 9.69 Å². The van der Waals surface area contributed by atoms with Crippen LogP contribution in [-0.2, 0) is 24.8 Å². The molecule has 3 unspecified atom stereocenters. The molecule has 0 saturated carbocycles. The van der Waals surface area contributed by atoms with Crippen LogP contribution in [0.15, 0.2) is 48.7 Å². The molecule has 1 aliphatic heterocycles. The van der Waals surface area contributed by atoms with Crippen molar-refractivity contribution in [1.29, 1.82) is 0 Å². The smallest absolute Gasteiger partial charge is 0.310 e. The number of carboxylic acid groups (broad SMARTS) is 1. The van der Waals surface area contributed by atoms with Gasteiger partial charge in [-0.1, -0.05) is 35.5 Å². The lowest BCUT2D eigenvalue weighted by atomic mass is 9.69. The maximum atomic E-state index is 12.7. The Morgan fingerprint density at radius 2 is 2.00 bits per heavy atom. The van der Waals surface area contributed by atoms with Crippen molar-refractivity contribution in [1.82, 2.24) is 24.9 Å². The summed E-state index contributed by atoms with van der Waals surface area (Å²) in [6, 6.07) is 14.9. The molecule has 3 atom stereocenters. The van der Waals surface area contributed by atoms with E-state index >= 15 is 0 Å². The summed E-state index contributed by atoms with van der Waals surface area (Å²) < 4.78 is 7.90. The van der Waals surface area contributed by atoms with Gasteiger partial charge in [0.05, 0.1) is 10.9 Å². The highest BCUT2D eigenvalue weighted by atomic mass is 16.5. The molecule has 0 bridgehead atoms. The molecule has 2 aromatic heterocycles. The minimum Gasteiger partial charge on any atom is -0.481 e. The van der Waals surface area contributed by atoms with E-state index in [2.05, 4.69) is 57.5 Å². The third kappa shape index (κ3) is 4.27. The van der Waals surface area contributed by atoms with Gasteiger partial charge >= 0.3 is 5.97 Å². The Balaban J connectivity index is 1.44. The highest BCUT2D eigenvalue weighted by Gasteiger charge is 2.41. The number of carbonyl (C=O) groups is 1. The predicted molar refractivity (Wildman–Crippen MR) is 149 cm³/mol. The number of benzene rings is 2. The highest BCUT2D eigenvalue weighted by molar-refractivity contribution is 5.81. The number of ether oxygens (including phenoxy) is 1. The normalized spacial score (nSPS) is 20.2. The van der Waals surface area contributed by atoms with E-state index in [4.69, 9.17) is 4.74 Å². The van der Waals surface area contributed by atoms with Crippen LogP contribution in [0.5, 0.6) is 5.88 Å². The highest BCUT2D eigenvalue weighted by Crippen LogP contribution is 2.46. The lowest BCUT2D eigenvalue weighted by Crippen LogP contribution is -2.34. The van der Waals surface area contributed by atoms with E-state index in [1.165, 1.54) is 11.1 Å². The van der Waals surface area contributed by atoms with E-state index in [0.29, 0.717) is 0 Å². The molecule has 2 aromatic carbocycles. The second-order valence-corrected chi connectivity index (χ2v) is 11.7. The fraction of sp³-hybridized carbons (Fsp3) is 0.419. The number of carboxylic acids is 1. The molecule has 0 radical (unpaired) electrons. The zero-order valence-corrected chi connectivity index (χ0v) is 23.2. The SMILES string of the molecule is Cc1c(C(c2ccc3c(c2)C(N2Cc4cccnc4OC(C)C2)CC3)C(C)(C)C(=O)O)ccc2c1nnn2C. The number of nitrogens with zero attached hydrogens (tertiary/aromatic N) is 5. The Morgan fingerprint density at radius 3 is 2.79 bits per heavy atom. The maximum Gasteiger partial charge on any atom is 0.310 e. The molecule has 202 valence electrons. The standard InChI is InChI=1S/C31H35N5O3/c1-18-16-36(17-22-7-6-14-32-29(22)39-18)25-12-10-20-8-9-21(15-24(20)25)27(31(3,4)30(37)38)23-11-13-26-28(19(23)2)33-34-35(26)5/h6-9,11,13-15,18,25,27H,10,12,16-17H2,1-5H3,(H,37,38). The second-order valence-electron chi connectivity index (χ2n) is 11.7. The quantitative estimate of drug-likeness (QED) is 0.384. The van der Waals surface area contributed by atoms with Crippen LogP contribution in [-0.4, -0.2) is 48.6 Å². The first-order valence-corrected chi connectivity index (χ1v) is 13.6. The number of aromatic nitrogens is 4. The molecule has 0 fully saturated rings. The van der Waals surface area contributed by atoms with Crippen LogP contribution in [0.4, 0.5) is 0 Å². The lowest BCUT2D eigenvalue weighted by molar-refractivity contribution is -0.147. The van der Waals surface area contributed by atoms with Gasteiger partial charge in [0.1, 0.15) is 11.6 Å². The summed E-state index contributed by atoms with van der Waals surface area (Å²) in [5, 5.41) is 19.0. The molecule has 3 heterocycles. The summed E-state index contributed by atoms with van der Waals surface area (Å²) in [7, 11) is 1.87. The Bertz CT molecular complexity index is 1580. The number of aliphatic carboxylic acids is 1. The second kappa shape index (κ2) is 9.45. The molecule has 4 aromatic rings. The Kier molecular flexibility index (Phi) is 6.18. The number of hydrogen-bond donors (Lipinski definition) is 1. The maximum absolute atomic E-state index is 12.7. The van der Waals surface area contributed by atoms with Crippen LogP contribution < -0.4 is 4.74 Å². The largest absolute Gasteiger partial charge is 0.481 e. The summed E-state index contributed by atoms with van der Waals surface area (Å²) in [6.45, 7) is 9.34. The van der Waals surface area contributed by atoms with E-state index in [1.807, 2.05) is 40.0 Å². The van der Waals surface area contributed by atoms with Gasteiger partial charge in [-0.2, -0.15) is 0 Å². The summed E-state index contributed by atoms with van der Waals surface area (Å²) in [5.41, 5.74) is 7.39. The zero-order chi connectivity index (χ0) is 27.5. The molecule has 8 heteroatoms. The molecule has 0 spiro atoms. The van der Waals surface area contributed by atoms with Crippen molar-refractivity contribution in [2.75, 3.05) is 6.54 Å². The van der Waals surface area contributed by atoms with Crippen molar-refractivity contribution in [3.8, 4) is 5.88 Å². The first-order chi connectivity index (χ1) is 18.6. The van der Waals surface area contributed by atoms with Gasteiger partial charge < -0.3 is 9.84 Å². The molecule has 8 nitrogen and oxygen atoms in total. The van der Waals surface area contributed by atoms with Crippen LogP contribution in [0.2, 0.25) is 0 Å². The van der Waals surface area contributed by atoms with E-state index in [-0.39, 0.29) is 18.1 Å². The molecule has 0 saturated heterocycles. The number of fused-ring (bicyclic) bond motifs is 3. The lowest BCUT2D eigenvalue weighted by Gasteiger charge is -2.34. The van der Waals surface area contributed by atoms with E-state index in [0.717, 1.165) is 65.1 Å². The van der Waals surface area contributed by atoms with Gasteiger partial charge in [-0.15, -0.1) is 5.10 Å². The summed E-state index contributed by atoms with van der Waals surface area (Å²) in [6.07, 6.45) is 3.83. The van der Waals surface area contributed by atoms with E-state index < -0.39 is 11.4 Å². The molecule has 2 aliphatic rings. The van der Waals surface area contributed by atoms with Crippen molar-refractivity contribution < 1.29 is 14.6 Å². The number of pyridine rings is 1. The van der Waals surface area contributed by atoms with E-state index in [1.54, 1.807) is 10.9 Å². The van der Waals surface area contributed by atoms with Gasteiger partial charge in [0, 0.05) is 43.9 Å². The minimum absolute atomic E-state index is 0.0217. The topological polar surface area (TPSA) is 93.4 Å². The van der Waals surface area contributed by atoms with Crippen molar-refractivity contribution in [2.45, 2.75) is 65.1 Å². The summed E-state index contributed by atoms with van der Waals surface area (Å²) >= 11 is 0. The first-order valence-electron chi connectivity index (χ1n) is 13.6. The Hall–Kier alpha value is -3.78. The van der Waals surface area contributed by atoms with Gasteiger partial charge in [0.2, 0.25) is 5.88 Å². The fourth-order valence-corrected chi connectivity index (χ4v) is 6.56.